The van der Waals surface area contributed by atoms with Crippen molar-refractivity contribution in [1.29, 1.82) is 0 Å². The number of hydrogen-bond donors (Lipinski definition) is 0. The lowest BCUT2D eigenvalue weighted by atomic mass is 10.2. The van der Waals surface area contributed by atoms with E-state index < -0.39 is 10.0 Å². The van der Waals surface area contributed by atoms with E-state index in [1.54, 1.807) is 12.1 Å². The van der Waals surface area contributed by atoms with Crippen molar-refractivity contribution in [3.05, 3.63) is 29.8 Å². The predicted molar refractivity (Wildman–Crippen MR) is 71.3 cm³/mol. The Morgan fingerprint density at radius 2 is 1.42 bits per heavy atom. The largest absolute Gasteiger partial charge is 0.299 e. The second-order valence-electron chi connectivity index (χ2n) is 4.49. The lowest BCUT2D eigenvalue weighted by Gasteiger charge is -2.19. The number of sulfonamides is 1. The fourth-order valence-corrected chi connectivity index (χ4v) is 3.06. The zero-order valence-corrected chi connectivity index (χ0v) is 12.0. The van der Waals surface area contributed by atoms with E-state index in [1.165, 1.54) is 26.0 Å². The average molecular weight is 283 g/mol. The highest BCUT2D eigenvalue weighted by Gasteiger charge is 2.26. The molecule has 1 rings (SSSR count). The maximum absolute atomic E-state index is 12.3. The van der Waals surface area contributed by atoms with Gasteiger partial charge in [0.05, 0.1) is 18.0 Å². The van der Waals surface area contributed by atoms with E-state index in [0.717, 1.165) is 9.87 Å². The van der Waals surface area contributed by atoms with E-state index in [-0.39, 0.29) is 29.6 Å². The number of carbonyl (C=O) groups excluding carboxylic acids is 2. The second kappa shape index (κ2) is 6.08. The molecule has 0 aromatic heterocycles. The van der Waals surface area contributed by atoms with Crippen LogP contribution < -0.4 is 0 Å². The molecule has 0 atom stereocenters. The van der Waals surface area contributed by atoms with Crippen molar-refractivity contribution in [3.63, 3.8) is 0 Å². The topological polar surface area (TPSA) is 71.5 Å². The molecule has 1 aromatic carbocycles. The fraction of sp³-hybridized carbons (Fsp3) is 0.385. The Morgan fingerprint density at radius 3 is 1.79 bits per heavy atom. The van der Waals surface area contributed by atoms with Gasteiger partial charge in [-0.1, -0.05) is 17.7 Å². The van der Waals surface area contributed by atoms with E-state index in [0.29, 0.717) is 0 Å². The molecule has 0 spiro atoms. The average Bonchev–Trinajstić information content (AvgIpc) is 2.27. The van der Waals surface area contributed by atoms with E-state index >= 15 is 0 Å². The van der Waals surface area contributed by atoms with Crippen LogP contribution in [0.2, 0.25) is 0 Å². The highest BCUT2D eigenvalue weighted by molar-refractivity contribution is 7.89. The number of aryl methyl sites for hydroxylation is 1. The Balaban J connectivity index is 3.14. The molecular weight excluding hydrogens is 266 g/mol. The van der Waals surface area contributed by atoms with Gasteiger partial charge in [0.15, 0.2) is 0 Å². The fourth-order valence-electron chi connectivity index (χ4n) is 1.58. The number of hydrogen-bond acceptors (Lipinski definition) is 4. The van der Waals surface area contributed by atoms with Crippen LogP contribution >= 0.6 is 0 Å². The van der Waals surface area contributed by atoms with Crippen molar-refractivity contribution >= 4 is 21.6 Å². The summed E-state index contributed by atoms with van der Waals surface area (Å²) in [4.78, 5) is 22.4. The van der Waals surface area contributed by atoms with Crippen LogP contribution in [0.15, 0.2) is 29.2 Å². The van der Waals surface area contributed by atoms with Crippen LogP contribution in [0.3, 0.4) is 0 Å². The van der Waals surface area contributed by atoms with Crippen molar-refractivity contribution in [3.8, 4) is 0 Å². The number of ketones is 2. The van der Waals surface area contributed by atoms with Gasteiger partial charge in [-0.25, -0.2) is 8.42 Å². The summed E-state index contributed by atoms with van der Waals surface area (Å²) in [7, 11) is -3.82. The van der Waals surface area contributed by atoms with Gasteiger partial charge < -0.3 is 0 Å². The summed E-state index contributed by atoms with van der Waals surface area (Å²) in [6.45, 7) is 3.83. The van der Waals surface area contributed by atoms with Crippen LogP contribution in [0.5, 0.6) is 0 Å². The molecule has 6 heteroatoms. The van der Waals surface area contributed by atoms with Gasteiger partial charge in [0.2, 0.25) is 10.0 Å². The molecule has 19 heavy (non-hydrogen) atoms. The standard InChI is InChI=1S/C13H17NO4S/c1-10-4-6-13(7-5-10)19(17,18)14(8-11(2)15)9-12(3)16/h4-7H,8-9H2,1-3H3. The molecular formula is C13H17NO4S. The number of carbonyl (C=O) groups is 2. The second-order valence-corrected chi connectivity index (χ2v) is 6.43. The van der Waals surface area contributed by atoms with Crippen LogP contribution in [0.25, 0.3) is 0 Å². The molecule has 0 heterocycles. The smallest absolute Gasteiger partial charge is 0.243 e. The predicted octanol–water partition coefficient (Wildman–Crippen LogP) is 1.16. The molecule has 1 aromatic rings. The first-order valence-electron chi connectivity index (χ1n) is 5.79. The first-order chi connectivity index (χ1) is 8.73. The maximum atomic E-state index is 12.3. The van der Waals surface area contributed by atoms with E-state index in [9.17, 15) is 18.0 Å². The lowest BCUT2D eigenvalue weighted by molar-refractivity contribution is -0.119. The number of benzene rings is 1. The highest BCUT2D eigenvalue weighted by atomic mass is 32.2. The van der Waals surface area contributed by atoms with Gasteiger partial charge >= 0.3 is 0 Å². The molecule has 0 fully saturated rings. The molecule has 0 aliphatic rings. The van der Waals surface area contributed by atoms with Crippen molar-refractivity contribution in [2.75, 3.05) is 13.1 Å². The first kappa shape index (κ1) is 15.5. The quantitative estimate of drug-likeness (QED) is 0.785. The third kappa shape index (κ3) is 4.25. The molecule has 0 unspecified atom stereocenters. The van der Waals surface area contributed by atoms with Crippen molar-refractivity contribution in [1.82, 2.24) is 4.31 Å². The van der Waals surface area contributed by atoms with Crippen LogP contribution in [-0.2, 0) is 19.6 Å². The van der Waals surface area contributed by atoms with Gasteiger partial charge in [0, 0.05) is 0 Å². The summed E-state index contributed by atoms with van der Waals surface area (Å²) in [5.74, 6) is -0.617. The van der Waals surface area contributed by atoms with E-state index in [4.69, 9.17) is 0 Å². The molecule has 0 N–H and O–H groups in total. The summed E-state index contributed by atoms with van der Waals surface area (Å²) >= 11 is 0. The van der Waals surface area contributed by atoms with Gasteiger partial charge in [-0.15, -0.1) is 0 Å². The molecule has 5 nitrogen and oxygen atoms in total. The summed E-state index contributed by atoms with van der Waals surface area (Å²) < 4.78 is 25.6. The normalized spacial score (nSPS) is 11.6. The van der Waals surface area contributed by atoms with Crippen molar-refractivity contribution in [2.45, 2.75) is 25.7 Å². The van der Waals surface area contributed by atoms with Crippen molar-refractivity contribution in [2.24, 2.45) is 0 Å². The number of rotatable bonds is 6. The van der Waals surface area contributed by atoms with Gasteiger partial charge in [-0.3, -0.25) is 9.59 Å². The van der Waals surface area contributed by atoms with E-state index in [1.807, 2.05) is 6.92 Å². The van der Waals surface area contributed by atoms with E-state index in [2.05, 4.69) is 0 Å². The van der Waals surface area contributed by atoms with Crippen LogP contribution in [0, 0.1) is 6.92 Å². The molecule has 0 aliphatic carbocycles. The minimum Gasteiger partial charge on any atom is -0.299 e. The zero-order valence-electron chi connectivity index (χ0n) is 11.2. The third-order valence-electron chi connectivity index (χ3n) is 2.46. The van der Waals surface area contributed by atoms with Crippen molar-refractivity contribution < 1.29 is 18.0 Å². The Kier molecular flexibility index (Phi) is 4.97. The number of nitrogens with zero attached hydrogens (tertiary/aromatic N) is 1. The number of Topliss-reactive ketones (excluding diaryl/α,β-unsaturated/α-hetero) is 2. The minimum atomic E-state index is -3.82. The SMILES string of the molecule is CC(=O)CN(CC(C)=O)S(=O)(=O)c1ccc(C)cc1. The molecule has 0 saturated heterocycles. The summed E-state index contributed by atoms with van der Waals surface area (Å²) in [6.07, 6.45) is 0. The maximum Gasteiger partial charge on any atom is 0.243 e. The van der Waals surface area contributed by atoms with Gasteiger partial charge in [-0.05, 0) is 32.9 Å². The Morgan fingerprint density at radius 1 is 1.00 bits per heavy atom. The molecule has 0 bridgehead atoms. The highest BCUT2D eigenvalue weighted by Crippen LogP contribution is 2.16. The Bertz CT molecular complexity index is 559. The Hall–Kier alpha value is -1.53. The Labute approximate surface area is 113 Å². The molecule has 0 radical (unpaired) electrons. The summed E-state index contributed by atoms with van der Waals surface area (Å²) in [6, 6.07) is 6.29. The van der Waals surface area contributed by atoms with Gasteiger partial charge in [-0.2, -0.15) is 4.31 Å². The monoisotopic (exact) mass is 283 g/mol. The molecule has 0 amide bonds. The molecule has 0 saturated carbocycles. The van der Waals surface area contributed by atoms with Crippen LogP contribution in [0.4, 0.5) is 0 Å². The van der Waals surface area contributed by atoms with Crippen LogP contribution in [0.1, 0.15) is 19.4 Å². The first-order valence-corrected chi connectivity index (χ1v) is 7.23. The zero-order chi connectivity index (χ0) is 14.6. The lowest BCUT2D eigenvalue weighted by Crippen LogP contribution is -2.38. The van der Waals surface area contributed by atoms with Gasteiger partial charge in [0.1, 0.15) is 11.6 Å². The minimum absolute atomic E-state index is 0.0839. The van der Waals surface area contributed by atoms with Crippen LogP contribution in [-0.4, -0.2) is 37.4 Å². The summed E-state index contributed by atoms with van der Waals surface area (Å²) in [5.41, 5.74) is 0.934. The molecule has 0 aliphatic heterocycles. The third-order valence-corrected chi connectivity index (χ3v) is 4.26. The summed E-state index contributed by atoms with van der Waals surface area (Å²) in [5, 5.41) is 0. The van der Waals surface area contributed by atoms with Gasteiger partial charge in [0.25, 0.3) is 0 Å². The molecule has 104 valence electrons.